The summed E-state index contributed by atoms with van der Waals surface area (Å²) in [6.07, 6.45) is 6.39. The zero-order valence-corrected chi connectivity index (χ0v) is 25.6. The van der Waals surface area contributed by atoms with Crippen molar-refractivity contribution in [2.24, 2.45) is 11.7 Å². The zero-order valence-electron chi connectivity index (χ0n) is 24.8. The molecule has 4 aliphatic rings. The minimum absolute atomic E-state index is 0.00317. The third kappa shape index (κ3) is 5.18. The van der Waals surface area contributed by atoms with E-state index in [1.165, 1.54) is 12.1 Å². The number of nitrogens with zero attached hydrogens (tertiary/aromatic N) is 3. The maximum atomic E-state index is 14.6. The summed E-state index contributed by atoms with van der Waals surface area (Å²) < 4.78 is 28.5. The van der Waals surface area contributed by atoms with Crippen molar-refractivity contribution in [1.29, 1.82) is 0 Å². The molecule has 0 saturated heterocycles. The van der Waals surface area contributed by atoms with Gasteiger partial charge < -0.3 is 20.5 Å². The Bertz CT molecular complexity index is 1880. The number of nitrogens with one attached hydrogen (secondary N) is 1. The van der Waals surface area contributed by atoms with E-state index >= 15 is 0 Å². The molecule has 9 nitrogen and oxygen atoms in total. The Balaban J connectivity index is 1.12. The molecule has 11 heteroatoms. The summed E-state index contributed by atoms with van der Waals surface area (Å²) in [7, 11) is 0. The molecule has 2 atom stereocenters. The van der Waals surface area contributed by atoms with Crippen molar-refractivity contribution in [3.8, 4) is 22.9 Å². The summed E-state index contributed by atoms with van der Waals surface area (Å²) in [6.45, 7) is 2.13. The highest BCUT2D eigenvalue weighted by molar-refractivity contribution is 6.30. The molecule has 0 bridgehead atoms. The molecule has 3 aliphatic carbocycles. The fraction of sp³-hybridized carbons (Fsp3) is 0.412. The minimum atomic E-state index is -1.08. The van der Waals surface area contributed by atoms with Crippen LogP contribution in [0.5, 0.6) is 11.6 Å². The van der Waals surface area contributed by atoms with Gasteiger partial charge in [-0.1, -0.05) is 17.7 Å². The molecule has 3 saturated carbocycles. The number of halogens is 2. The highest BCUT2D eigenvalue weighted by Gasteiger charge is 2.45. The highest BCUT2D eigenvalue weighted by atomic mass is 35.5. The predicted octanol–water partition coefficient (Wildman–Crippen LogP) is 5.67. The first-order valence-electron chi connectivity index (χ1n) is 15.6. The quantitative estimate of drug-likeness (QED) is 0.233. The van der Waals surface area contributed by atoms with Crippen molar-refractivity contribution in [3.63, 3.8) is 0 Å². The molecule has 232 valence electrons. The van der Waals surface area contributed by atoms with Crippen LogP contribution in [0.15, 0.2) is 42.5 Å². The molecular formula is C34H33ClFN5O4. The fourth-order valence-electron chi connectivity index (χ4n) is 6.19. The second kappa shape index (κ2) is 10.4. The van der Waals surface area contributed by atoms with E-state index in [1.807, 2.05) is 16.6 Å². The lowest BCUT2D eigenvalue weighted by molar-refractivity contribution is -0.123. The number of primary amides is 1. The van der Waals surface area contributed by atoms with Crippen LogP contribution in [0.2, 0.25) is 5.02 Å². The number of carbonyl (C=O) groups is 2. The largest absolute Gasteiger partial charge is 0.489 e. The lowest BCUT2D eigenvalue weighted by Gasteiger charge is -2.22. The maximum absolute atomic E-state index is 14.6. The number of fused-ring (bicyclic) bond motifs is 2. The summed E-state index contributed by atoms with van der Waals surface area (Å²) >= 11 is 5.97. The van der Waals surface area contributed by atoms with Gasteiger partial charge in [-0.15, -0.1) is 0 Å². The Labute approximate surface area is 264 Å². The smallest absolute Gasteiger partial charge is 0.251 e. The van der Waals surface area contributed by atoms with Gasteiger partial charge in [-0.2, -0.15) is 5.10 Å². The molecule has 45 heavy (non-hydrogen) atoms. The van der Waals surface area contributed by atoms with Crippen LogP contribution in [0.25, 0.3) is 16.8 Å². The van der Waals surface area contributed by atoms with E-state index < -0.39 is 17.1 Å². The lowest BCUT2D eigenvalue weighted by atomic mass is 9.82. The van der Waals surface area contributed by atoms with Gasteiger partial charge in [0.1, 0.15) is 35.4 Å². The first kappa shape index (κ1) is 28.3. The van der Waals surface area contributed by atoms with Crippen LogP contribution in [0, 0.1) is 11.7 Å². The number of benzene rings is 1. The number of aromatic nitrogens is 3. The molecule has 0 radical (unpaired) electrons. The number of rotatable bonds is 10. The second-order valence-electron chi connectivity index (χ2n) is 13.1. The van der Waals surface area contributed by atoms with Crippen LogP contribution in [-0.2, 0) is 10.2 Å². The predicted molar refractivity (Wildman–Crippen MR) is 165 cm³/mol. The number of pyridine rings is 2. The zero-order chi connectivity index (χ0) is 31.0. The molecule has 1 aromatic carbocycles. The number of ether oxygens (including phenoxy) is 2. The van der Waals surface area contributed by atoms with Gasteiger partial charge in [-0.3, -0.25) is 9.59 Å². The number of amides is 2. The van der Waals surface area contributed by atoms with Gasteiger partial charge in [-0.05, 0) is 81.7 Å². The highest BCUT2D eigenvalue weighted by Crippen LogP contribution is 2.48. The second-order valence-corrected chi connectivity index (χ2v) is 13.5. The van der Waals surface area contributed by atoms with Crippen molar-refractivity contribution in [1.82, 2.24) is 19.9 Å². The van der Waals surface area contributed by atoms with Crippen molar-refractivity contribution >= 4 is 28.9 Å². The molecule has 4 heterocycles. The maximum Gasteiger partial charge on any atom is 0.251 e. The SMILES string of the molecule is C[C@]1(C(N)=O)COc2c1cc([C@@H](CNC(=O)c1cc(OC3CC3)n3nc(C4CC4)cc3c1)C1CC1)nc2-c1ccc(Cl)c(F)c1. The van der Waals surface area contributed by atoms with E-state index in [4.69, 9.17) is 36.9 Å². The van der Waals surface area contributed by atoms with Crippen LogP contribution in [0.3, 0.4) is 0 Å². The van der Waals surface area contributed by atoms with E-state index in [9.17, 15) is 14.0 Å². The van der Waals surface area contributed by atoms with Crippen molar-refractivity contribution in [2.45, 2.75) is 68.8 Å². The number of hydrogen-bond acceptors (Lipinski definition) is 6. The Morgan fingerprint density at radius 3 is 2.64 bits per heavy atom. The lowest BCUT2D eigenvalue weighted by Crippen LogP contribution is -2.40. The van der Waals surface area contributed by atoms with Crippen LogP contribution in [0.1, 0.15) is 84.6 Å². The molecule has 4 aromatic rings. The molecule has 0 unspecified atom stereocenters. The van der Waals surface area contributed by atoms with Gasteiger partial charge in [0, 0.05) is 46.8 Å². The van der Waals surface area contributed by atoms with Gasteiger partial charge in [0.05, 0.1) is 16.2 Å². The molecule has 8 rings (SSSR count). The Morgan fingerprint density at radius 1 is 1.16 bits per heavy atom. The Kier molecular flexibility index (Phi) is 6.57. The average Bonchev–Trinajstić information content (AvgIpc) is 3.91. The van der Waals surface area contributed by atoms with Gasteiger partial charge in [0.15, 0.2) is 0 Å². The van der Waals surface area contributed by atoms with E-state index in [0.29, 0.717) is 58.1 Å². The van der Waals surface area contributed by atoms with Crippen LogP contribution >= 0.6 is 11.6 Å². The van der Waals surface area contributed by atoms with Crippen molar-refractivity contribution in [3.05, 3.63) is 75.8 Å². The fourth-order valence-corrected chi connectivity index (χ4v) is 6.31. The van der Waals surface area contributed by atoms with Gasteiger partial charge in [-0.25, -0.2) is 13.9 Å². The molecule has 3 fully saturated rings. The van der Waals surface area contributed by atoms with Crippen LogP contribution in [-0.4, -0.2) is 45.7 Å². The first-order chi connectivity index (χ1) is 21.7. The first-order valence-corrected chi connectivity index (χ1v) is 16.0. The molecular weight excluding hydrogens is 597 g/mol. The summed E-state index contributed by atoms with van der Waals surface area (Å²) in [5.41, 5.74) is 9.35. The van der Waals surface area contributed by atoms with E-state index in [0.717, 1.165) is 49.7 Å². The summed E-state index contributed by atoms with van der Waals surface area (Å²) in [6, 6.07) is 12.0. The molecule has 3 aromatic heterocycles. The van der Waals surface area contributed by atoms with Crippen LogP contribution in [0.4, 0.5) is 4.39 Å². The monoisotopic (exact) mass is 629 g/mol. The standard InChI is InChI=1S/C34H33ClFN5O4/c1-34(33(37)43)16-44-31-24(34)14-28(39-30(31)19-6-9-25(35)26(36)11-19)23(17-2-3-17)15-38-32(42)20-10-21-13-27(18-4-5-18)40-41(21)29(12-20)45-22-7-8-22/h6,9-14,17-18,22-23H,2-5,7-8,15-16H2,1H3,(H2,37,43)(H,38,42)/t23-,34-/m0/s1. The van der Waals surface area contributed by atoms with E-state index in [2.05, 4.69) is 11.4 Å². The molecule has 2 amide bonds. The third-order valence-electron chi connectivity index (χ3n) is 9.50. The summed E-state index contributed by atoms with van der Waals surface area (Å²) in [4.78, 5) is 31.3. The summed E-state index contributed by atoms with van der Waals surface area (Å²) in [5.74, 6) is 0.291. The van der Waals surface area contributed by atoms with Gasteiger partial charge >= 0.3 is 0 Å². The van der Waals surface area contributed by atoms with Gasteiger partial charge in [0.2, 0.25) is 11.8 Å². The number of hydrogen-bond donors (Lipinski definition) is 2. The minimum Gasteiger partial charge on any atom is -0.489 e. The van der Waals surface area contributed by atoms with Gasteiger partial charge in [0.25, 0.3) is 5.91 Å². The Morgan fingerprint density at radius 2 is 1.96 bits per heavy atom. The van der Waals surface area contributed by atoms with Crippen LogP contribution < -0.4 is 20.5 Å². The number of carbonyl (C=O) groups excluding carboxylic acids is 2. The molecule has 3 N–H and O–H groups in total. The average molecular weight is 630 g/mol. The normalized spacial score (nSPS) is 21.3. The Hall–Kier alpha value is -4.18. The molecule has 0 spiro atoms. The molecule has 1 aliphatic heterocycles. The van der Waals surface area contributed by atoms with Crippen molar-refractivity contribution < 1.29 is 23.5 Å². The summed E-state index contributed by atoms with van der Waals surface area (Å²) in [5, 5.41) is 7.92. The van der Waals surface area contributed by atoms with Crippen molar-refractivity contribution in [2.75, 3.05) is 13.2 Å². The van der Waals surface area contributed by atoms with E-state index in [1.54, 1.807) is 19.1 Å². The third-order valence-corrected chi connectivity index (χ3v) is 9.81. The number of nitrogens with two attached hydrogens (primary N) is 1. The van der Waals surface area contributed by atoms with E-state index in [-0.39, 0.29) is 29.6 Å². The topological polar surface area (TPSA) is 121 Å².